The van der Waals surface area contributed by atoms with Gasteiger partial charge in [-0.05, 0) is 72.9 Å². The monoisotopic (exact) mass is 675 g/mol. The highest BCUT2D eigenvalue weighted by Crippen LogP contribution is 2.66. The highest BCUT2D eigenvalue weighted by molar-refractivity contribution is 6.53. The molecule has 47 heavy (non-hydrogen) atoms. The Labute approximate surface area is 280 Å². The van der Waals surface area contributed by atoms with Gasteiger partial charge in [-0.3, -0.25) is 29.0 Å². The van der Waals surface area contributed by atoms with E-state index in [1.165, 1.54) is 38.3 Å². The first-order valence-corrected chi connectivity index (χ1v) is 15.9. The minimum Gasteiger partial charge on any atom is -0.502 e. The fraction of sp³-hybridized carbons (Fsp3) is 0.314. The Balaban J connectivity index is 1.30. The van der Waals surface area contributed by atoms with Gasteiger partial charge in [-0.2, -0.15) is 0 Å². The van der Waals surface area contributed by atoms with Crippen LogP contribution < -0.4 is 19.7 Å². The summed E-state index contributed by atoms with van der Waals surface area (Å²) in [7, 11) is 4.07. The largest absolute Gasteiger partial charge is 0.502 e. The lowest BCUT2D eigenvalue weighted by atomic mass is 9.56. The predicted molar refractivity (Wildman–Crippen MR) is 175 cm³/mol. The summed E-state index contributed by atoms with van der Waals surface area (Å²) in [6, 6.07) is 19.7. The maximum Gasteiger partial charge on any atom is 0.253 e. The number of likely N-dealkylation sites (tertiary alicyclic amines) is 1. The molecule has 4 amide bonds. The van der Waals surface area contributed by atoms with Crippen molar-refractivity contribution in [1.29, 1.82) is 0 Å². The van der Waals surface area contributed by atoms with Gasteiger partial charge in [-0.25, -0.2) is 0 Å². The molecule has 3 aromatic rings. The van der Waals surface area contributed by atoms with Crippen molar-refractivity contribution in [1.82, 2.24) is 4.90 Å². The number of allylic oxidation sites excluding steroid dienone is 2. The maximum absolute atomic E-state index is 14.3. The number of phenols is 1. The molecular weight excluding hydrogens is 645 g/mol. The van der Waals surface area contributed by atoms with Crippen LogP contribution >= 0.6 is 23.2 Å². The molecule has 0 aromatic heterocycles. The molecule has 3 fully saturated rings. The van der Waals surface area contributed by atoms with Crippen LogP contribution in [0.2, 0.25) is 0 Å². The number of methoxy groups -OCH3 is 2. The smallest absolute Gasteiger partial charge is 0.253 e. The third-order valence-electron chi connectivity index (χ3n) is 10.0. The summed E-state index contributed by atoms with van der Waals surface area (Å²) in [4.78, 5) is 54.0. The molecule has 2 aliphatic heterocycles. The number of alkyl halides is 2. The van der Waals surface area contributed by atoms with E-state index < -0.39 is 51.1 Å². The van der Waals surface area contributed by atoms with Crippen LogP contribution in [-0.2, 0) is 19.2 Å². The maximum atomic E-state index is 14.3. The molecule has 0 unspecified atom stereocenters. The van der Waals surface area contributed by atoms with Gasteiger partial charge in [-0.15, -0.1) is 23.2 Å². The number of fused-ring (bicyclic) bond motifs is 4. The number of aromatic hydroxyl groups is 1. The zero-order valence-electron chi connectivity index (χ0n) is 25.7. The number of amides is 4. The molecule has 3 aromatic carbocycles. The minimum atomic E-state index is -1.98. The average Bonchev–Trinajstić information content (AvgIpc) is 3.40. The van der Waals surface area contributed by atoms with E-state index in [9.17, 15) is 24.3 Å². The molecule has 2 heterocycles. The van der Waals surface area contributed by atoms with Crippen LogP contribution in [0.25, 0.3) is 0 Å². The molecule has 10 nitrogen and oxygen atoms in total. The van der Waals surface area contributed by atoms with Crippen molar-refractivity contribution in [3.63, 3.8) is 0 Å². The van der Waals surface area contributed by atoms with Crippen molar-refractivity contribution in [2.45, 2.75) is 28.5 Å². The summed E-state index contributed by atoms with van der Waals surface area (Å²) in [6.07, 6.45) is 1.93. The summed E-state index contributed by atoms with van der Waals surface area (Å²) in [5.74, 6) is -5.53. The Hall–Kier alpha value is -4.54. The van der Waals surface area contributed by atoms with Crippen LogP contribution in [0.3, 0.4) is 0 Å². The number of anilines is 3. The first kappa shape index (κ1) is 31.1. The summed E-state index contributed by atoms with van der Waals surface area (Å²) in [6.45, 7) is 0. The van der Waals surface area contributed by atoms with Crippen molar-refractivity contribution in [3.05, 3.63) is 83.9 Å². The van der Waals surface area contributed by atoms with Gasteiger partial charge in [0.15, 0.2) is 21.2 Å². The number of phenolic OH excluding ortho intramolecular Hbond substituents is 1. The average molecular weight is 677 g/mol. The molecule has 242 valence electrons. The summed E-state index contributed by atoms with van der Waals surface area (Å²) in [5.41, 5.74) is 3.12. The van der Waals surface area contributed by atoms with Crippen LogP contribution in [0.4, 0.5) is 17.1 Å². The van der Waals surface area contributed by atoms with Crippen molar-refractivity contribution >= 4 is 63.9 Å². The topological polar surface area (TPSA) is 125 Å². The van der Waals surface area contributed by atoms with Gasteiger partial charge >= 0.3 is 0 Å². The van der Waals surface area contributed by atoms with Gasteiger partial charge in [0.25, 0.3) is 11.8 Å². The Morgan fingerprint density at radius 1 is 0.851 bits per heavy atom. The fourth-order valence-electron chi connectivity index (χ4n) is 7.83. The normalized spacial score (nSPS) is 29.7. The Bertz CT molecular complexity index is 1840. The van der Waals surface area contributed by atoms with Crippen LogP contribution in [0.15, 0.2) is 78.4 Å². The number of hydrogen-bond acceptors (Lipinski definition) is 8. The number of rotatable bonds is 6. The lowest BCUT2D eigenvalue weighted by Crippen LogP contribution is -2.60. The van der Waals surface area contributed by atoms with Gasteiger partial charge in [-0.1, -0.05) is 29.8 Å². The van der Waals surface area contributed by atoms with Crippen molar-refractivity contribution in [2.24, 2.45) is 17.8 Å². The molecule has 1 saturated carbocycles. The second-order valence-corrected chi connectivity index (χ2v) is 13.6. The van der Waals surface area contributed by atoms with Crippen LogP contribution in [0, 0.1) is 17.8 Å². The van der Waals surface area contributed by atoms with E-state index >= 15 is 0 Å². The molecule has 0 bridgehead atoms. The van der Waals surface area contributed by atoms with Gasteiger partial charge < -0.3 is 19.9 Å². The number of para-hydroxylation sites is 1. The molecule has 4 aliphatic rings. The number of carbonyl (C=O) groups is 4. The Morgan fingerprint density at radius 3 is 2.09 bits per heavy atom. The summed E-state index contributed by atoms with van der Waals surface area (Å²) < 4.78 is 10.8. The Morgan fingerprint density at radius 2 is 1.47 bits per heavy atom. The van der Waals surface area contributed by atoms with Crippen LogP contribution in [0.1, 0.15) is 24.3 Å². The third kappa shape index (κ3) is 4.30. The van der Waals surface area contributed by atoms with Gasteiger partial charge in [0, 0.05) is 24.3 Å². The van der Waals surface area contributed by atoms with Gasteiger partial charge in [0.05, 0.1) is 31.7 Å². The Kier molecular flexibility index (Phi) is 7.29. The molecule has 0 radical (unpaired) electrons. The fourth-order valence-corrected chi connectivity index (χ4v) is 8.85. The highest BCUT2D eigenvalue weighted by atomic mass is 35.5. The zero-order chi connectivity index (χ0) is 33.4. The quantitative estimate of drug-likeness (QED) is 0.204. The van der Waals surface area contributed by atoms with Gasteiger partial charge in [0.1, 0.15) is 0 Å². The lowest BCUT2D eigenvalue weighted by Gasteiger charge is -2.50. The lowest BCUT2D eigenvalue weighted by molar-refractivity contribution is -0.138. The molecule has 0 spiro atoms. The standard InChI is InChI=1S/C35H31Cl2N3O7/c1-39-32(44)34(36)17-24-22(28(35(34,37)33(39)45)18-15-25(46-2)29(41)26(16-18)47-3)13-14-23-27(24)31(43)40(30(23)42)21-11-9-20(10-12-21)38-19-7-5-4-6-8-19/h4-13,15-16,23-24,27-28,38,41H,14,17H2,1-3H3/t23-,24+,27-,28-,34+,35-/m0/s1. The SMILES string of the molecule is COc1cc([C@H]2C3=CC[C@@H]4C(=O)N(c5ccc(Nc6ccccc6)cc5)C(=O)[C@@H]4[C@@H]3C[C@@]3(Cl)C(=O)N(C)C(=O)[C@@]23Cl)cc(OC)c1O. The zero-order valence-corrected chi connectivity index (χ0v) is 27.2. The second kappa shape index (κ2) is 11.0. The van der Waals surface area contributed by atoms with E-state index in [2.05, 4.69) is 5.32 Å². The van der Waals surface area contributed by atoms with Crippen molar-refractivity contribution < 1.29 is 33.8 Å². The van der Waals surface area contributed by atoms with Crippen LogP contribution in [0.5, 0.6) is 17.2 Å². The number of benzene rings is 3. The number of nitrogens with one attached hydrogen (secondary N) is 1. The van der Waals surface area contributed by atoms with E-state index in [-0.39, 0.29) is 36.0 Å². The molecule has 2 N–H and O–H groups in total. The van der Waals surface area contributed by atoms with E-state index in [0.717, 1.165) is 16.3 Å². The number of ether oxygens (including phenoxy) is 2. The van der Waals surface area contributed by atoms with E-state index in [0.29, 0.717) is 16.8 Å². The molecule has 2 saturated heterocycles. The number of carbonyl (C=O) groups excluding carboxylic acids is 4. The number of nitrogens with zero attached hydrogens (tertiary/aromatic N) is 2. The number of hydrogen-bond donors (Lipinski definition) is 2. The van der Waals surface area contributed by atoms with Crippen molar-refractivity contribution in [3.8, 4) is 17.2 Å². The molecule has 12 heteroatoms. The highest BCUT2D eigenvalue weighted by Gasteiger charge is 2.76. The number of halogens is 2. The van der Waals surface area contributed by atoms with Gasteiger partial charge in [0.2, 0.25) is 17.6 Å². The summed E-state index contributed by atoms with van der Waals surface area (Å²) in [5, 5.41) is 13.9. The van der Waals surface area contributed by atoms with Crippen molar-refractivity contribution in [2.75, 3.05) is 31.5 Å². The van der Waals surface area contributed by atoms with E-state index in [4.69, 9.17) is 32.7 Å². The second-order valence-electron chi connectivity index (χ2n) is 12.3. The first-order chi connectivity index (χ1) is 22.5. The minimum absolute atomic E-state index is 0.0600. The van der Waals surface area contributed by atoms with E-state index in [1.54, 1.807) is 24.3 Å². The molecule has 7 rings (SSSR count). The first-order valence-electron chi connectivity index (χ1n) is 15.1. The number of imide groups is 2. The molecule has 6 atom stereocenters. The summed E-state index contributed by atoms with van der Waals surface area (Å²) >= 11 is 14.5. The van der Waals surface area contributed by atoms with E-state index in [1.807, 2.05) is 36.4 Å². The molecular formula is C35H31Cl2N3O7. The third-order valence-corrected chi connectivity index (χ3v) is 11.5. The van der Waals surface area contributed by atoms with Crippen LogP contribution in [-0.4, -0.2) is 64.7 Å². The molecule has 2 aliphatic carbocycles. The predicted octanol–water partition coefficient (Wildman–Crippen LogP) is 5.35.